The summed E-state index contributed by atoms with van der Waals surface area (Å²) < 4.78 is 1.78. The molecule has 0 radical (unpaired) electrons. The van der Waals surface area contributed by atoms with E-state index in [0.717, 1.165) is 23.3 Å². The van der Waals surface area contributed by atoms with Crippen LogP contribution in [0.1, 0.15) is 33.7 Å². The van der Waals surface area contributed by atoms with Gasteiger partial charge in [-0.15, -0.1) is 0 Å². The monoisotopic (exact) mass is 384 g/mol. The van der Waals surface area contributed by atoms with Gasteiger partial charge in [-0.1, -0.05) is 23.9 Å². The third-order valence-corrected chi connectivity index (χ3v) is 4.95. The molecule has 3 aromatic rings. The van der Waals surface area contributed by atoms with Gasteiger partial charge >= 0.3 is 0 Å². The highest BCUT2D eigenvalue weighted by Crippen LogP contribution is 2.27. The zero-order valence-corrected chi connectivity index (χ0v) is 16.7. The van der Waals surface area contributed by atoms with Crippen LogP contribution < -0.4 is 10.6 Å². The topological polar surface area (TPSA) is 84.7 Å². The van der Waals surface area contributed by atoms with Gasteiger partial charge in [0.25, 0.3) is 0 Å². The molecular weight excluding hydrogens is 360 g/mol. The maximum absolute atomic E-state index is 12.6. The molecule has 27 heavy (non-hydrogen) atoms. The lowest BCUT2D eigenvalue weighted by Crippen LogP contribution is -2.24. The van der Waals surface area contributed by atoms with Gasteiger partial charge in [0.2, 0.25) is 5.91 Å². The maximum Gasteiger partial charge on any atom is 0.238 e. The predicted octanol–water partition coefficient (Wildman–Crippen LogP) is 3.96. The van der Waals surface area contributed by atoms with Gasteiger partial charge in [-0.05, 0) is 39.8 Å². The molecule has 2 heterocycles. The van der Waals surface area contributed by atoms with Crippen molar-refractivity contribution in [3.63, 3.8) is 0 Å². The van der Waals surface area contributed by atoms with Crippen LogP contribution in [0.2, 0.25) is 0 Å². The largest absolute Gasteiger partial charge is 0.370 e. The third kappa shape index (κ3) is 4.39. The van der Waals surface area contributed by atoms with E-state index in [9.17, 15) is 4.79 Å². The van der Waals surface area contributed by atoms with Crippen LogP contribution in [-0.2, 0) is 4.79 Å². The SMILES string of the molecule is CCNc1nc(SC(C)C(=O)Nc2ccnn2C(C)C)nc2ccccc12. The van der Waals surface area contributed by atoms with Gasteiger partial charge in [0, 0.05) is 24.0 Å². The highest BCUT2D eigenvalue weighted by atomic mass is 32.2. The Morgan fingerprint density at radius 2 is 1.96 bits per heavy atom. The zero-order chi connectivity index (χ0) is 19.4. The first-order valence-corrected chi connectivity index (χ1v) is 9.89. The molecule has 0 aliphatic rings. The Balaban J connectivity index is 1.77. The molecular formula is C19H24N6OS. The zero-order valence-electron chi connectivity index (χ0n) is 15.9. The van der Waals surface area contributed by atoms with E-state index in [2.05, 4.69) is 25.7 Å². The minimum atomic E-state index is -0.351. The summed E-state index contributed by atoms with van der Waals surface area (Å²) in [6, 6.07) is 9.82. The number of carbonyl (C=O) groups excluding carboxylic acids is 1. The average Bonchev–Trinajstić information content (AvgIpc) is 3.10. The molecule has 0 bridgehead atoms. The second-order valence-corrected chi connectivity index (χ2v) is 7.71. The standard InChI is InChI=1S/C19H24N6OS/c1-5-20-17-14-8-6-7-9-15(14)22-19(24-17)27-13(4)18(26)23-16-10-11-21-25(16)12(2)3/h6-13H,5H2,1-4H3,(H,23,26)(H,20,22,24). The Morgan fingerprint density at radius 1 is 1.19 bits per heavy atom. The molecule has 1 amide bonds. The number of rotatable bonds is 7. The molecule has 0 spiro atoms. The van der Waals surface area contributed by atoms with Gasteiger partial charge in [0.05, 0.1) is 17.0 Å². The summed E-state index contributed by atoms with van der Waals surface area (Å²) >= 11 is 1.34. The van der Waals surface area contributed by atoms with Gasteiger partial charge < -0.3 is 10.6 Å². The number of fused-ring (bicyclic) bond motifs is 1. The highest BCUT2D eigenvalue weighted by Gasteiger charge is 2.19. The minimum Gasteiger partial charge on any atom is -0.370 e. The van der Waals surface area contributed by atoms with Crippen molar-refractivity contribution in [2.24, 2.45) is 0 Å². The number of para-hydroxylation sites is 1. The summed E-state index contributed by atoms with van der Waals surface area (Å²) in [7, 11) is 0. The number of nitrogens with zero attached hydrogens (tertiary/aromatic N) is 4. The Bertz CT molecular complexity index is 939. The smallest absolute Gasteiger partial charge is 0.238 e. The number of carbonyl (C=O) groups is 1. The Kier molecular flexibility index (Phi) is 5.95. The van der Waals surface area contributed by atoms with Crippen molar-refractivity contribution in [3.05, 3.63) is 36.5 Å². The highest BCUT2D eigenvalue weighted by molar-refractivity contribution is 8.00. The first kappa shape index (κ1) is 19.2. The van der Waals surface area contributed by atoms with E-state index in [1.165, 1.54) is 11.8 Å². The van der Waals surface area contributed by atoms with Crippen LogP contribution in [0, 0.1) is 0 Å². The quantitative estimate of drug-likeness (QED) is 0.474. The maximum atomic E-state index is 12.6. The molecule has 1 atom stereocenters. The van der Waals surface area contributed by atoms with Crippen molar-refractivity contribution in [2.75, 3.05) is 17.2 Å². The van der Waals surface area contributed by atoms with Crippen LogP contribution in [0.25, 0.3) is 10.9 Å². The van der Waals surface area contributed by atoms with Gasteiger partial charge in [0.1, 0.15) is 11.6 Å². The normalized spacial score (nSPS) is 12.3. The third-order valence-electron chi connectivity index (χ3n) is 3.99. The number of benzene rings is 1. The number of hydrogen-bond acceptors (Lipinski definition) is 6. The number of amides is 1. The summed E-state index contributed by atoms with van der Waals surface area (Å²) in [5.74, 6) is 1.37. The minimum absolute atomic E-state index is 0.107. The fourth-order valence-electron chi connectivity index (χ4n) is 2.67. The van der Waals surface area contributed by atoms with Crippen molar-refractivity contribution in [2.45, 2.75) is 44.1 Å². The first-order chi connectivity index (χ1) is 13.0. The van der Waals surface area contributed by atoms with E-state index in [1.54, 1.807) is 16.9 Å². The van der Waals surface area contributed by atoms with Crippen molar-refractivity contribution in [3.8, 4) is 0 Å². The fourth-order valence-corrected chi connectivity index (χ4v) is 3.45. The molecule has 7 nitrogen and oxygen atoms in total. The molecule has 0 fully saturated rings. The van der Waals surface area contributed by atoms with Gasteiger partial charge in [-0.2, -0.15) is 5.10 Å². The van der Waals surface area contributed by atoms with Gasteiger partial charge in [-0.25, -0.2) is 14.6 Å². The Hall–Kier alpha value is -2.61. The molecule has 3 rings (SSSR count). The average molecular weight is 385 g/mol. The molecule has 142 valence electrons. The van der Waals surface area contributed by atoms with E-state index in [-0.39, 0.29) is 17.2 Å². The van der Waals surface area contributed by atoms with Crippen molar-refractivity contribution in [1.82, 2.24) is 19.7 Å². The second-order valence-electron chi connectivity index (χ2n) is 6.41. The summed E-state index contributed by atoms with van der Waals surface area (Å²) in [6.07, 6.45) is 1.68. The number of nitrogens with one attached hydrogen (secondary N) is 2. The molecule has 1 unspecified atom stereocenters. The first-order valence-electron chi connectivity index (χ1n) is 9.01. The van der Waals surface area contributed by atoms with E-state index < -0.39 is 0 Å². The van der Waals surface area contributed by atoms with E-state index in [4.69, 9.17) is 0 Å². The molecule has 2 aromatic heterocycles. The van der Waals surface area contributed by atoms with Crippen molar-refractivity contribution in [1.29, 1.82) is 0 Å². The Labute approximate surface area is 163 Å². The summed E-state index contributed by atoms with van der Waals surface area (Å²) in [5.41, 5.74) is 0.858. The fraction of sp³-hybridized carbons (Fsp3) is 0.368. The predicted molar refractivity (Wildman–Crippen MR) is 110 cm³/mol. The van der Waals surface area contributed by atoms with Crippen LogP contribution in [-0.4, -0.2) is 37.5 Å². The number of aromatic nitrogens is 4. The van der Waals surface area contributed by atoms with Crippen molar-refractivity contribution >= 4 is 40.2 Å². The number of hydrogen-bond donors (Lipinski definition) is 2. The summed E-state index contributed by atoms with van der Waals surface area (Å²) in [5, 5.41) is 11.6. The lowest BCUT2D eigenvalue weighted by Gasteiger charge is -2.15. The number of thioether (sulfide) groups is 1. The summed E-state index contributed by atoms with van der Waals surface area (Å²) in [4.78, 5) is 21.8. The molecule has 0 aliphatic heterocycles. The van der Waals surface area contributed by atoms with Crippen LogP contribution in [0.5, 0.6) is 0 Å². The second kappa shape index (κ2) is 8.39. The number of anilines is 2. The molecule has 1 aromatic carbocycles. The van der Waals surface area contributed by atoms with Crippen LogP contribution >= 0.6 is 11.8 Å². The van der Waals surface area contributed by atoms with Crippen molar-refractivity contribution < 1.29 is 4.79 Å². The molecule has 2 N–H and O–H groups in total. The summed E-state index contributed by atoms with van der Waals surface area (Å²) in [6.45, 7) is 8.68. The molecule has 0 saturated carbocycles. The molecule has 0 saturated heterocycles. The van der Waals surface area contributed by atoms with Crippen LogP contribution in [0.15, 0.2) is 41.7 Å². The van der Waals surface area contributed by atoms with E-state index in [1.807, 2.05) is 52.0 Å². The van der Waals surface area contributed by atoms with Crippen LogP contribution in [0.4, 0.5) is 11.6 Å². The van der Waals surface area contributed by atoms with Gasteiger partial charge in [-0.3, -0.25) is 4.79 Å². The van der Waals surface area contributed by atoms with Gasteiger partial charge in [0.15, 0.2) is 5.16 Å². The molecule has 8 heteroatoms. The lowest BCUT2D eigenvalue weighted by atomic mass is 10.2. The van der Waals surface area contributed by atoms with E-state index in [0.29, 0.717) is 11.0 Å². The Morgan fingerprint density at radius 3 is 2.70 bits per heavy atom. The lowest BCUT2D eigenvalue weighted by molar-refractivity contribution is -0.115. The van der Waals surface area contributed by atoms with E-state index >= 15 is 0 Å². The molecule has 0 aliphatic carbocycles. The van der Waals surface area contributed by atoms with Crippen LogP contribution in [0.3, 0.4) is 0 Å².